The minimum absolute atomic E-state index is 0.134. The van der Waals surface area contributed by atoms with Crippen molar-refractivity contribution in [2.45, 2.75) is 32.9 Å². The van der Waals surface area contributed by atoms with Gasteiger partial charge in [0.05, 0.1) is 6.20 Å². The van der Waals surface area contributed by atoms with Crippen LogP contribution in [-0.2, 0) is 17.8 Å². The lowest BCUT2D eigenvalue weighted by Gasteiger charge is -2.31. The van der Waals surface area contributed by atoms with E-state index in [1.165, 1.54) is 47.8 Å². The van der Waals surface area contributed by atoms with Crippen molar-refractivity contribution in [2.24, 2.45) is 0 Å². The minimum atomic E-state index is -0.975. The van der Waals surface area contributed by atoms with Crippen LogP contribution in [0.5, 0.6) is 0 Å². The number of carbonyl (C=O) groups excluding carboxylic acids is 2. The van der Waals surface area contributed by atoms with Crippen molar-refractivity contribution in [2.75, 3.05) is 5.32 Å². The zero-order chi connectivity index (χ0) is 25.5. The van der Waals surface area contributed by atoms with E-state index in [1.807, 2.05) is 55.5 Å². The second-order valence-electron chi connectivity index (χ2n) is 8.50. The Bertz CT molecular complexity index is 1310. The SMILES string of the molecule is CCc1ccc([C@@H](C(=O)Nc2ccc(F)cc2)N(Cc2ccc(C)cc2)C(=O)c2cnccn2)cc1. The van der Waals surface area contributed by atoms with Crippen molar-refractivity contribution in [1.29, 1.82) is 0 Å². The maximum Gasteiger partial charge on any atom is 0.275 e. The molecule has 0 aliphatic rings. The normalized spacial score (nSPS) is 11.5. The number of anilines is 1. The fourth-order valence-electron chi connectivity index (χ4n) is 3.88. The van der Waals surface area contributed by atoms with Crippen molar-refractivity contribution < 1.29 is 14.0 Å². The second-order valence-corrected chi connectivity index (χ2v) is 8.50. The molecule has 1 aromatic heterocycles. The van der Waals surface area contributed by atoms with Gasteiger partial charge in [-0.1, -0.05) is 61.0 Å². The van der Waals surface area contributed by atoms with Gasteiger partial charge in [0.1, 0.15) is 17.6 Å². The van der Waals surface area contributed by atoms with Gasteiger partial charge >= 0.3 is 0 Å². The monoisotopic (exact) mass is 482 g/mol. The van der Waals surface area contributed by atoms with Gasteiger partial charge in [0.2, 0.25) is 0 Å². The number of hydrogen-bond donors (Lipinski definition) is 1. The molecule has 0 bridgehead atoms. The van der Waals surface area contributed by atoms with Crippen LogP contribution in [0.1, 0.15) is 45.7 Å². The molecule has 6 nitrogen and oxygen atoms in total. The molecular formula is C29H27FN4O2. The molecule has 0 spiro atoms. The lowest BCUT2D eigenvalue weighted by molar-refractivity contribution is -0.121. The summed E-state index contributed by atoms with van der Waals surface area (Å²) in [5, 5.41) is 2.84. The van der Waals surface area contributed by atoms with Gasteiger partial charge in [-0.3, -0.25) is 14.6 Å². The summed E-state index contributed by atoms with van der Waals surface area (Å²) in [7, 11) is 0. The standard InChI is InChI=1S/C29H27FN4O2/c1-3-21-8-10-23(11-9-21)27(28(35)33-25-14-12-24(30)13-15-25)34(19-22-6-4-20(2)5-7-22)29(36)26-18-31-16-17-32-26/h4-18,27H,3,19H2,1-2H3,(H,33,35)/t27-/m0/s1. The molecule has 0 aliphatic carbocycles. The fraction of sp³-hybridized carbons (Fsp3) is 0.172. The molecule has 1 heterocycles. The molecule has 4 rings (SSSR count). The first-order valence-corrected chi connectivity index (χ1v) is 11.7. The van der Waals surface area contributed by atoms with Gasteiger partial charge in [0.15, 0.2) is 0 Å². The number of benzene rings is 3. The van der Waals surface area contributed by atoms with Crippen LogP contribution in [0.2, 0.25) is 0 Å². The molecule has 36 heavy (non-hydrogen) atoms. The number of nitrogens with one attached hydrogen (secondary N) is 1. The first-order valence-electron chi connectivity index (χ1n) is 11.7. The van der Waals surface area contributed by atoms with Gasteiger partial charge in [-0.05, 0) is 54.3 Å². The average molecular weight is 483 g/mol. The maximum absolute atomic E-state index is 13.7. The summed E-state index contributed by atoms with van der Waals surface area (Å²) in [5.74, 6) is -1.25. The van der Waals surface area contributed by atoms with Crippen LogP contribution in [0.4, 0.5) is 10.1 Å². The number of halogens is 1. The summed E-state index contributed by atoms with van der Waals surface area (Å²) in [6.45, 7) is 4.21. The van der Waals surface area contributed by atoms with Crippen molar-refractivity contribution in [3.8, 4) is 0 Å². The molecule has 0 saturated heterocycles. The molecule has 1 atom stereocenters. The lowest BCUT2D eigenvalue weighted by atomic mass is 10.00. The highest BCUT2D eigenvalue weighted by Gasteiger charge is 2.33. The second kappa shape index (κ2) is 11.4. The lowest BCUT2D eigenvalue weighted by Crippen LogP contribution is -2.41. The summed E-state index contributed by atoms with van der Waals surface area (Å²) in [4.78, 5) is 37.2. The summed E-state index contributed by atoms with van der Waals surface area (Å²) in [5.41, 5.74) is 4.28. The van der Waals surface area contributed by atoms with E-state index in [4.69, 9.17) is 0 Å². The van der Waals surface area contributed by atoms with Crippen LogP contribution >= 0.6 is 0 Å². The summed E-state index contributed by atoms with van der Waals surface area (Å²) in [6, 6.07) is 19.9. The van der Waals surface area contributed by atoms with Crippen LogP contribution in [0.3, 0.4) is 0 Å². The Morgan fingerprint density at radius 1 is 0.917 bits per heavy atom. The van der Waals surface area contributed by atoms with Crippen LogP contribution in [0.15, 0.2) is 91.4 Å². The molecule has 4 aromatic rings. The average Bonchev–Trinajstić information content (AvgIpc) is 2.91. The third-order valence-corrected chi connectivity index (χ3v) is 5.89. The smallest absolute Gasteiger partial charge is 0.275 e. The van der Waals surface area contributed by atoms with E-state index in [9.17, 15) is 14.0 Å². The predicted molar refractivity (Wildman–Crippen MR) is 137 cm³/mol. The van der Waals surface area contributed by atoms with E-state index in [0.29, 0.717) is 11.3 Å². The first-order chi connectivity index (χ1) is 17.4. The zero-order valence-corrected chi connectivity index (χ0v) is 20.2. The van der Waals surface area contributed by atoms with E-state index in [0.717, 1.165) is 23.1 Å². The molecule has 7 heteroatoms. The van der Waals surface area contributed by atoms with Crippen LogP contribution in [0, 0.1) is 12.7 Å². The number of aromatic nitrogens is 2. The number of aryl methyl sites for hydroxylation is 2. The Morgan fingerprint density at radius 3 is 2.19 bits per heavy atom. The van der Waals surface area contributed by atoms with Gasteiger partial charge in [-0.2, -0.15) is 0 Å². The van der Waals surface area contributed by atoms with Crippen LogP contribution in [-0.4, -0.2) is 26.7 Å². The topological polar surface area (TPSA) is 75.2 Å². The number of carbonyl (C=O) groups is 2. The summed E-state index contributed by atoms with van der Waals surface area (Å²) in [6.07, 6.45) is 5.17. The molecule has 0 fully saturated rings. The number of rotatable bonds is 8. The van der Waals surface area contributed by atoms with E-state index < -0.39 is 23.7 Å². The van der Waals surface area contributed by atoms with Crippen LogP contribution in [0.25, 0.3) is 0 Å². The van der Waals surface area contributed by atoms with E-state index in [-0.39, 0.29) is 12.2 Å². The van der Waals surface area contributed by atoms with Gasteiger partial charge in [0.25, 0.3) is 11.8 Å². The highest BCUT2D eigenvalue weighted by Crippen LogP contribution is 2.27. The van der Waals surface area contributed by atoms with Crippen LogP contribution < -0.4 is 5.32 Å². The maximum atomic E-state index is 13.7. The molecule has 1 N–H and O–H groups in total. The highest BCUT2D eigenvalue weighted by atomic mass is 19.1. The number of amides is 2. The quantitative estimate of drug-likeness (QED) is 0.359. The van der Waals surface area contributed by atoms with Gasteiger partial charge in [0, 0.05) is 24.6 Å². The Balaban J connectivity index is 1.78. The van der Waals surface area contributed by atoms with Crippen molar-refractivity contribution >= 4 is 17.5 Å². The predicted octanol–water partition coefficient (Wildman–Crippen LogP) is 5.51. The molecule has 182 valence electrons. The van der Waals surface area contributed by atoms with E-state index in [1.54, 1.807) is 0 Å². The van der Waals surface area contributed by atoms with Gasteiger partial charge in [-0.15, -0.1) is 0 Å². The van der Waals surface area contributed by atoms with Crippen molar-refractivity contribution in [1.82, 2.24) is 14.9 Å². The molecular weight excluding hydrogens is 455 g/mol. The zero-order valence-electron chi connectivity index (χ0n) is 20.2. The summed E-state index contributed by atoms with van der Waals surface area (Å²) < 4.78 is 13.4. The Hall–Kier alpha value is -4.39. The number of nitrogens with zero attached hydrogens (tertiary/aromatic N) is 3. The van der Waals surface area contributed by atoms with Gasteiger partial charge < -0.3 is 10.2 Å². The minimum Gasteiger partial charge on any atom is -0.324 e. The Kier molecular flexibility index (Phi) is 7.80. The summed E-state index contributed by atoms with van der Waals surface area (Å²) >= 11 is 0. The largest absolute Gasteiger partial charge is 0.324 e. The molecule has 3 aromatic carbocycles. The van der Waals surface area contributed by atoms with E-state index in [2.05, 4.69) is 22.2 Å². The Labute approximate surface area is 209 Å². The molecule has 2 amide bonds. The van der Waals surface area contributed by atoms with Crippen molar-refractivity contribution in [3.05, 3.63) is 125 Å². The van der Waals surface area contributed by atoms with E-state index >= 15 is 0 Å². The third kappa shape index (κ3) is 5.99. The molecule has 0 saturated carbocycles. The highest BCUT2D eigenvalue weighted by molar-refractivity contribution is 6.00. The van der Waals surface area contributed by atoms with Crippen molar-refractivity contribution in [3.63, 3.8) is 0 Å². The number of hydrogen-bond acceptors (Lipinski definition) is 4. The Morgan fingerprint density at radius 2 is 1.58 bits per heavy atom. The molecule has 0 radical (unpaired) electrons. The first kappa shape index (κ1) is 24.7. The van der Waals surface area contributed by atoms with Gasteiger partial charge in [-0.25, -0.2) is 9.37 Å². The fourth-order valence-corrected chi connectivity index (χ4v) is 3.88. The molecule has 0 unspecified atom stereocenters. The third-order valence-electron chi connectivity index (χ3n) is 5.89. The molecule has 0 aliphatic heterocycles.